The van der Waals surface area contributed by atoms with Crippen molar-refractivity contribution in [2.45, 2.75) is 12.6 Å². The molecule has 7 heteroatoms. The Kier molecular flexibility index (Phi) is 5.97. The fourth-order valence-electron chi connectivity index (χ4n) is 2.91. The van der Waals surface area contributed by atoms with Crippen molar-refractivity contribution in [2.75, 3.05) is 0 Å². The lowest BCUT2D eigenvalue weighted by Gasteiger charge is -2.12. The molecular weight excluding hydrogens is 381 g/mol. The Bertz CT molecular complexity index is 1060. The zero-order chi connectivity index (χ0) is 20.9. The van der Waals surface area contributed by atoms with E-state index in [1.54, 1.807) is 12.1 Å². The summed E-state index contributed by atoms with van der Waals surface area (Å²) in [6.45, 7) is 0. The molecule has 0 aliphatic carbocycles. The van der Waals surface area contributed by atoms with Crippen LogP contribution in [0.3, 0.4) is 0 Å². The summed E-state index contributed by atoms with van der Waals surface area (Å²) in [7, 11) is 0. The molecule has 0 saturated carbocycles. The molecule has 4 nitrogen and oxygen atoms in total. The zero-order valence-electron chi connectivity index (χ0n) is 15.2. The van der Waals surface area contributed by atoms with Crippen LogP contribution in [0.25, 0.3) is 16.3 Å². The lowest BCUT2D eigenvalue weighted by molar-refractivity contribution is -0.126. The van der Waals surface area contributed by atoms with Gasteiger partial charge < -0.3 is 0 Å². The second-order valence-corrected chi connectivity index (χ2v) is 6.27. The van der Waals surface area contributed by atoms with E-state index in [9.17, 15) is 22.8 Å². The van der Waals surface area contributed by atoms with Crippen LogP contribution in [0.1, 0.15) is 11.1 Å². The van der Waals surface area contributed by atoms with Crippen LogP contribution in [0.4, 0.5) is 13.2 Å². The molecule has 0 spiro atoms. The highest BCUT2D eigenvalue weighted by Crippen LogP contribution is 2.33. The molecule has 0 radical (unpaired) electrons. The monoisotopic (exact) mass is 398 g/mol. The normalized spacial score (nSPS) is 11.9. The molecule has 0 bridgehead atoms. The number of allylic oxidation sites excluding steroid dienone is 1. The Morgan fingerprint density at radius 3 is 2.21 bits per heavy atom. The molecule has 3 aromatic rings. The first-order valence-corrected chi connectivity index (χ1v) is 8.74. The van der Waals surface area contributed by atoms with Crippen LogP contribution in [0.15, 0.2) is 78.9 Å². The summed E-state index contributed by atoms with van der Waals surface area (Å²) in [6, 6.07) is 20.0. The minimum absolute atomic E-state index is 0.0316. The van der Waals surface area contributed by atoms with Crippen LogP contribution in [0, 0.1) is 0 Å². The highest BCUT2D eigenvalue weighted by Gasteiger charge is 2.35. The van der Waals surface area contributed by atoms with Gasteiger partial charge in [0.1, 0.15) is 0 Å². The Labute approximate surface area is 165 Å². The number of rotatable bonds is 4. The second kappa shape index (κ2) is 8.60. The average Bonchev–Trinajstić information content (AvgIpc) is 2.70. The quantitative estimate of drug-likeness (QED) is 0.512. The molecule has 29 heavy (non-hydrogen) atoms. The van der Waals surface area contributed by atoms with Gasteiger partial charge in [0, 0.05) is 6.08 Å². The van der Waals surface area contributed by atoms with E-state index in [-0.39, 0.29) is 12.0 Å². The third kappa shape index (κ3) is 5.22. The van der Waals surface area contributed by atoms with E-state index in [1.807, 2.05) is 41.8 Å². The number of halogens is 3. The molecule has 148 valence electrons. The number of nitrogens with one attached hydrogen (secondary N) is 2. The molecule has 2 N–H and O–H groups in total. The van der Waals surface area contributed by atoms with Gasteiger partial charge >= 0.3 is 6.18 Å². The maximum absolute atomic E-state index is 13.3. The maximum Gasteiger partial charge on any atom is 0.417 e. The first kappa shape index (κ1) is 20.1. The van der Waals surface area contributed by atoms with Gasteiger partial charge in [-0.2, -0.15) is 13.2 Å². The number of carbonyl (C=O) groups excluding carboxylic acids is 2. The third-order valence-corrected chi connectivity index (χ3v) is 4.22. The summed E-state index contributed by atoms with van der Waals surface area (Å²) < 4.78 is 39.8. The van der Waals surface area contributed by atoms with Crippen LogP contribution in [0.5, 0.6) is 0 Å². The number of benzene rings is 3. The predicted molar refractivity (Wildman–Crippen MR) is 104 cm³/mol. The number of carbonyl (C=O) groups is 2. The van der Waals surface area contributed by atoms with E-state index in [4.69, 9.17) is 0 Å². The first-order valence-electron chi connectivity index (χ1n) is 8.74. The Morgan fingerprint density at radius 2 is 1.48 bits per heavy atom. The van der Waals surface area contributed by atoms with E-state index in [0.29, 0.717) is 6.08 Å². The van der Waals surface area contributed by atoms with Crippen LogP contribution < -0.4 is 10.9 Å². The number of hydrazine groups is 1. The van der Waals surface area contributed by atoms with Crippen molar-refractivity contribution in [1.82, 2.24) is 10.9 Å². The van der Waals surface area contributed by atoms with Crippen LogP contribution in [-0.4, -0.2) is 18.0 Å². The van der Waals surface area contributed by atoms with E-state index in [0.717, 1.165) is 16.3 Å². The zero-order valence-corrected chi connectivity index (χ0v) is 15.2. The lowest BCUT2D eigenvalue weighted by Crippen LogP contribution is -2.41. The van der Waals surface area contributed by atoms with Gasteiger partial charge in [-0.15, -0.1) is 0 Å². The highest BCUT2D eigenvalue weighted by atomic mass is 19.4. The minimum Gasteiger partial charge on any atom is -0.273 e. The van der Waals surface area contributed by atoms with Gasteiger partial charge in [0.05, 0.1) is 12.0 Å². The summed E-state index contributed by atoms with van der Waals surface area (Å²) in [5.41, 5.74) is 3.66. The van der Waals surface area contributed by atoms with Crippen LogP contribution in [-0.2, 0) is 16.0 Å². The summed E-state index contributed by atoms with van der Waals surface area (Å²) in [5.74, 6) is -1.62. The summed E-state index contributed by atoms with van der Waals surface area (Å²) in [6.07, 6.45) is -4.32. The van der Waals surface area contributed by atoms with Gasteiger partial charge in [0.2, 0.25) is 5.91 Å². The Morgan fingerprint density at radius 1 is 0.828 bits per heavy atom. The molecule has 0 fully saturated rings. The van der Waals surface area contributed by atoms with E-state index < -0.39 is 23.6 Å². The van der Waals surface area contributed by atoms with Crippen molar-refractivity contribution in [3.8, 4) is 0 Å². The van der Waals surface area contributed by atoms with Crippen LogP contribution in [0.2, 0.25) is 0 Å². The number of hydrogen-bond donors (Lipinski definition) is 2. The SMILES string of the molecule is O=C(/C=C(\c1ccccc1)C(F)(F)F)NNC(=O)Cc1cccc2ccccc12. The fraction of sp³-hybridized carbons (Fsp3) is 0.0909. The summed E-state index contributed by atoms with van der Waals surface area (Å²) >= 11 is 0. The molecule has 0 aliphatic heterocycles. The van der Waals surface area contributed by atoms with Crippen molar-refractivity contribution in [3.63, 3.8) is 0 Å². The highest BCUT2D eigenvalue weighted by molar-refractivity contribution is 5.97. The first-order chi connectivity index (χ1) is 13.8. The van der Waals surface area contributed by atoms with Crippen molar-refractivity contribution in [2.24, 2.45) is 0 Å². The van der Waals surface area contributed by atoms with Gasteiger partial charge in [0.25, 0.3) is 5.91 Å². The van der Waals surface area contributed by atoms with Crippen molar-refractivity contribution >= 4 is 28.2 Å². The number of amides is 2. The van der Waals surface area contributed by atoms with E-state index in [2.05, 4.69) is 5.43 Å². The van der Waals surface area contributed by atoms with E-state index >= 15 is 0 Å². The van der Waals surface area contributed by atoms with Crippen molar-refractivity contribution < 1.29 is 22.8 Å². The molecule has 2 amide bonds. The van der Waals surface area contributed by atoms with Gasteiger partial charge in [-0.3, -0.25) is 20.4 Å². The fourth-order valence-corrected chi connectivity index (χ4v) is 2.91. The molecule has 0 aliphatic rings. The summed E-state index contributed by atoms with van der Waals surface area (Å²) in [4.78, 5) is 24.1. The standard InChI is InChI=1S/C22H17F3N2O2/c23-22(24,25)19(16-8-2-1-3-9-16)14-21(29)27-26-20(28)13-17-11-6-10-15-7-4-5-12-18(15)17/h1-12,14H,13H2,(H,26,28)(H,27,29)/b19-14+. The molecule has 0 atom stereocenters. The molecule has 0 saturated heterocycles. The van der Waals surface area contributed by atoms with Gasteiger partial charge in [-0.05, 0) is 21.9 Å². The number of hydrogen-bond acceptors (Lipinski definition) is 2. The predicted octanol–water partition coefficient (Wildman–Crippen LogP) is 4.18. The average molecular weight is 398 g/mol. The molecule has 3 aromatic carbocycles. The van der Waals surface area contributed by atoms with E-state index in [1.165, 1.54) is 24.3 Å². The molecule has 0 unspecified atom stereocenters. The summed E-state index contributed by atoms with van der Waals surface area (Å²) in [5, 5.41) is 1.85. The van der Waals surface area contributed by atoms with Crippen LogP contribution >= 0.6 is 0 Å². The number of alkyl halides is 3. The van der Waals surface area contributed by atoms with Gasteiger partial charge in [0.15, 0.2) is 0 Å². The molecule has 3 rings (SSSR count). The van der Waals surface area contributed by atoms with Gasteiger partial charge in [-0.25, -0.2) is 0 Å². The van der Waals surface area contributed by atoms with Crippen molar-refractivity contribution in [3.05, 3.63) is 90.0 Å². The smallest absolute Gasteiger partial charge is 0.273 e. The third-order valence-electron chi connectivity index (χ3n) is 4.22. The number of fused-ring (bicyclic) bond motifs is 1. The van der Waals surface area contributed by atoms with Crippen molar-refractivity contribution in [1.29, 1.82) is 0 Å². The molecule has 0 aromatic heterocycles. The Balaban J connectivity index is 1.67. The van der Waals surface area contributed by atoms with Gasteiger partial charge in [-0.1, -0.05) is 72.8 Å². The maximum atomic E-state index is 13.3. The second-order valence-electron chi connectivity index (χ2n) is 6.27. The molecule has 0 heterocycles. The molecular formula is C22H17F3N2O2. The minimum atomic E-state index is -4.72. The largest absolute Gasteiger partial charge is 0.417 e. The Hall–Kier alpha value is -3.61. The topological polar surface area (TPSA) is 58.2 Å². The lowest BCUT2D eigenvalue weighted by atomic mass is 10.0.